The first kappa shape index (κ1) is 14.8. The van der Waals surface area contributed by atoms with E-state index in [2.05, 4.69) is 15.4 Å². The van der Waals surface area contributed by atoms with Crippen molar-refractivity contribution in [3.8, 4) is 11.5 Å². The zero-order valence-corrected chi connectivity index (χ0v) is 11.8. The smallest absolute Gasteiger partial charge is 0.387 e. The van der Waals surface area contributed by atoms with E-state index in [4.69, 9.17) is 17.0 Å². The first-order chi connectivity index (χ1) is 9.58. The Labute approximate surface area is 121 Å². The summed E-state index contributed by atoms with van der Waals surface area (Å²) in [4.78, 5) is 0. The van der Waals surface area contributed by atoms with E-state index in [-0.39, 0.29) is 11.5 Å². The molecule has 1 saturated carbocycles. The van der Waals surface area contributed by atoms with Crippen LogP contribution in [-0.2, 0) is 6.54 Å². The highest BCUT2D eigenvalue weighted by molar-refractivity contribution is 7.80. The van der Waals surface area contributed by atoms with Gasteiger partial charge in [-0.2, -0.15) is 8.78 Å². The van der Waals surface area contributed by atoms with E-state index < -0.39 is 6.61 Å². The van der Waals surface area contributed by atoms with E-state index in [1.807, 2.05) is 0 Å². The Bertz CT molecular complexity index is 481. The second-order valence-corrected chi connectivity index (χ2v) is 4.87. The van der Waals surface area contributed by atoms with Gasteiger partial charge in [0.2, 0.25) is 0 Å². The largest absolute Gasteiger partial charge is 0.493 e. The van der Waals surface area contributed by atoms with Crippen molar-refractivity contribution >= 4 is 17.3 Å². The molecule has 1 aromatic carbocycles. The van der Waals surface area contributed by atoms with Crippen LogP contribution in [0.5, 0.6) is 11.5 Å². The molecule has 0 radical (unpaired) electrons. The number of halogens is 2. The SMILES string of the molecule is COc1cc(CNC(=S)NC2CC2)ccc1OC(F)F. The molecular weight excluding hydrogens is 286 g/mol. The fraction of sp³-hybridized carbons (Fsp3) is 0.462. The van der Waals surface area contributed by atoms with Gasteiger partial charge in [0.25, 0.3) is 0 Å². The van der Waals surface area contributed by atoms with Crippen molar-refractivity contribution in [2.24, 2.45) is 0 Å². The van der Waals surface area contributed by atoms with Gasteiger partial charge in [-0.1, -0.05) is 6.07 Å². The summed E-state index contributed by atoms with van der Waals surface area (Å²) in [6.45, 7) is -2.38. The van der Waals surface area contributed by atoms with Crippen molar-refractivity contribution in [1.29, 1.82) is 0 Å². The fourth-order valence-corrected chi connectivity index (χ4v) is 1.90. The lowest BCUT2D eigenvalue weighted by atomic mass is 10.2. The van der Waals surface area contributed by atoms with Gasteiger partial charge in [-0.15, -0.1) is 0 Å². The minimum absolute atomic E-state index is 0.0185. The minimum Gasteiger partial charge on any atom is -0.493 e. The summed E-state index contributed by atoms with van der Waals surface area (Å²) in [7, 11) is 1.41. The number of alkyl halides is 2. The van der Waals surface area contributed by atoms with Crippen molar-refractivity contribution in [3.63, 3.8) is 0 Å². The number of nitrogens with one attached hydrogen (secondary N) is 2. The second-order valence-electron chi connectivity index (χ2n) is 4.47. The van der Waals surface area contributed by atoms with Crippen molar-refractivity contribution in [2.45, 2.75) is 32.0 Å². The van der Waals surface area contributed by atoms with E-state index in [1.54, 1.807) is 12.1 Å². The third-order valence-electron chi connectivity index (χ3n) is 2.81. The minimum atomic E-state index is -2.87. The molecule has 1 fully saturated rings. The molecule has 2 N–H and O–H groups in total. The van der Waals surface area contributed by atoms with Crippen LogP contribution in [0.4, 0.5) is 8.78 Å². The van der Waals surface area contributed by atoms with Crippen LogP contribution in [0.1, 0.15) is 18.4 Å². The third-order valence-corrected chi connectivity index (χ3v) is 3.07. The second kappa shape index (κ2) is 6.69. The Morgan fingerprint density at radius 2 is 2.15 bits per heavy atom. The van der Waals surface area contributed by atoms with Crippen molar-refractivity contribution in [1.82, 2.24) is 10.6 Å². The normalized spacial score (nSPS) is 14.0. The standard InChI is InChI=1S/C13H16F2N2O2S/c1-18-11-6-8(2-5-10(11)19-12(14)15)7-16-13(20)17-9-3-4-9/h2,5-6,9,12H,3-4,7H2,1H3,(H2,16,17,20). The number of ether oxygens (including phenoxy) is 2. The molecule has 110 valence electrons. The molecule has 0 heterocycles. The molecule has 0 aliphatic heterocycles. The predicted octanol–water partition coefficient (Wildman–Crippen LogP) is 2.42. The summed E-state index contributed by atoms with van der Waals surface area (Å²) < 4.78 is 33.8. The maximum atomic E-state index is 12.2. The molecule has 1 aliphatic carbocycles. The Kier molecular flexibility index (Phi) is 4.94. The lowest BCUT2D eigenvalue weighted by Crippen LogP contribution is -2.36. The van der Waals surface area contributed by atoms with E-state index in [9.17, 15) is 8.78 Å². The van der Waals surface area contributed by atoms with E-state index in [0.29, 0.717) is 17.7 Å². The molecule has 0 bridgehead atoms. The van der Waals surface area contributed by atoms with Gasteiger partial charge < -0.3 is 20.1 Å². The monoisotopic (exact) mass is 302 g/mol. The maximum Gasteiger partial charge on any atom is 0.387 e. The number of benzene rings is 1. The molecular formula is C13H16F2N2O2S. The molecule has 20 heavy (non-hydrogen) atoms. The van der Waals surface area contributed by atoms with Crippen LogP contribution in [0.25, 0.3) is 0 Å². The van der Waals surface area contributed by atoms with Crippen LogP contribution < -0.4 is 20.1 Å². The van der Waals surface area contributed by atoms with E-state index in [1.165, 1.54) is 13.2 Å². The van der Waals surface area contributed by atoms with Crippen LogP contribution in [0.3, 0.4) is 0 Å². The molecule has 2 rings (SSSR count). The number of methoxy groups -OCH3 is 1. The number of rotatable bonds is 6. The van der Waals surface area contributed by atoms with Crippen molar-refractivity contribution in [2.75, 3.05) is 7.11 Å². The van der Waals surface area contributed by atoms with Crippen LogP contribution in [0.15, 0.2) is 18.2 Å². The van der Waals surface area contributed by atoms with Crippen LogP contribution in [0, 0.1) is 0 Å². The van der Waals surface area contributed by atoms with E-state index in [0.717, 1.165) is 18.4 Å². The quantitative estimate of drug-likeness (QED) is 0.790. The van der Waals surface area contributed by atoms with Crippen molar-refractivity contribution < 1.29 is 18.3 Å². The molecule has 1 aliphatic rings. The zero-order chi connectivity index (χ0) is 14.5. The number of thiocarbonyl (C=S) groups is 1. The van der Waals surface area contributed by atoms with Gasteiger partial charge in [-0.25, -0.2) is 0 Å². The van der Waals surface area contributed by atoms with Gasteiger partial charge in [0.05, 0.1) is 7.11 Å². The summed E-state index contributed by atoms with van der Waals surface area (Å²) >= 11 is 5.14. The average Bonchev–Trinajstić information content (AvgIpc) is 3.20. The van der Waals surface area contributed by atoms with Gasteiger partial charge >= 0.3 is 6.61 Å². The summed E-state index contributed by atoms with van der Waals surface area (Å²) in [6.07, 6.45) is 2.30. The van der Waals surface area contributed by atoms with Crippen molar-refractivity contribution in [3.05, 3.63) is 23.8 Å². The van der Waals surface area contributed by atoms with Gasteiger partial charge in [-0.3, -0.25) is 0 Å². The highest BCUT2D eigenvalue weighted by Gasteiger charge is 2.21. The summed E-state index contributed by atoms with van der Waals surface area (Å²) in [6, 6.07) is 5.28. The molecule has 4 nitrogen and oxygen atoms in total. The highest BCUT2D eigenvalue weighted by atomic mass is 32.1. The molecule has 0 amide bonds. The van der Waals surface area contributed by atoms with E-state index >= 15 is 0 Å². The maximum absolute atomic E-state index is 12.2. The predicted molar refractivity (Wildman–Crippen MR) is 75.2 cm³/mol. The third kappa shape index (κ3) is 4.48. The van der Waals surface area contributed by atoms with Gasteiger partial charge in [-0.05, 0) is 42.8 Å². The summed E-state index contributed by atoms with van der Waals surface area (Å²) in [5.41, 5.74) is 0.864. The molecule has 1 aromatic rings. The molecule has 0 spiro atoms. The van der Waals surface area contributed by atoms with Crippen LogP contribution >= 0.6 is 12.2 Å². The molecule has 0 unspecified atom stereocenters. The Morgan fingerprint density at radius 1 is 1.40 bits per heavy atom. The Morgan fingerprint density at radius 3 is 2.75 bits per heavy atom. The lowest BCUT2D eigenvalue weighted by Gasteiger charge is -2.13. The molecule has 0 aromatic heterocycles. The van der Waals surface area contributed by atoms with Crippen LogP contribution in [0.2, 0.25) is 0 Å². The fourth-order valence-electron chi connectivity index (χ4n) is 1.66. The average molecular weight is 302 g/mol. The van der Waals surface area contributed by atoms with Gasteiger partial charge in [0.15, 0.2) is 16.6 Å². The Hall–Kier alpha value is -1.63. The molecule has 7 heteroatoms. The topological polar surface area (TPSA) is 42.5 Å². The zero-order valence-electron chi connectivity index (χ0n) is 11.0. The molecule has 0 atom stereocenters. The number of hydrogen-bond acceptors (Lipinski definition) is 3. The van der Waals surface area contributed by atoms with Gasteiger partial charge in [0.1, 0.15) is 0 Å². The van der Waals surface area contributed by atoms with Gasteiger partial charge in [0, 0.05) is 12.6 Å². The first-order valence-corrected chi connectivity index (χ1v) is 6.65. The summed E-state index contributed by atoms with van der Waals surface area (Å²) in [5.74, 6) is 0.288. The molecule has 0 saturated heterocycles. The number of hydrogen-bond donors (Lipinski definition) is 2. The summed E-state index contributed by atoms with van der Waals surface area (Å²) in [5, 5.41) is 6.81. The highest BCUT2D eigenvalue weighted by Crippen LogP contribution is 2.29. The first-order valence-electron chi connectivity index (χ1n) is 6.24. The lowest BCUT2D eigenvalue weighted by molar-refractivity contribution is -0.0512. The Balaban J connectivity index is 1.92. The van der Waals surface area contributed by atoms with Crippen LogP contribution in [-0.4, -0.2) is 24.9 Å².